The van der Waals surface area contributed by atoms with Gasteiger partial charge in [0.2, 0.25) is 0 Å². The second kappa shape index (κ2) is 43.4. The monoisotopic (exact) mass is 1630 g/mol. The maximum Gasteiger partial charge on any atom is 0.317 e. The van der Waals surface area contributed by atoms with Crippen LogP contribution in [0.3, 0.4) is 0 Å². The van der Waals surface area contributed by atoms with Crippen molar-refractivity contribution >= 4 is 56.2 Å². The van der Waals surface area contributed by atoms with Gasteiger partial charge in [-0.25, -0.2) is 0 Å². The fourth-order valence-corrected chi connectivity index (χ4v) is 27.2. The Bertz CT molecular complexity index is 4060. The van der Waals surface area contributed by atoms with E-state index < -0.39 is 23.9 Å². The highest BCUT2D eigenvalue weighted by Gasteiger charge is 2.67. The van der Waals surface area contributed by atoms with Gasteiger partial charge in [-0.15, -0.1) is 0 Å². The van der Waals surface area contributed by atoms with Crippen molar-refractivity contribution in [2.75, 3.05) is 7.11 Å². The number of hydrogen-bond donors (Lipinski definition) is 4. The molecular formula is C109H162O10. The van der Waals surface area contributed by atoms with Crippen LogP contribution in [0.2, 0.25) is 0 Å². The van der Waals surface area contributed by atoms with Crippen molar-refractivity contribution in [3.05, 3.63) is 132 Å². The molecule has 1 saturated heterocycles. The van der Waals surface area contributed by atoms with Gasteiger partial charge in [-0.2, -0.15) is 0 Å². The van der Waals surface area contributed by atoms with Crippen LogP contribution < -0.4 is 0 Å². The van der Waals surface area contributed by atoms with E-state index in [0.717, 1.165) is 113 Å². The molecule has 0 radical (unpaired) electrons. The first-order valence-electron chi connectivity index (χ1n) is 48.8. The lowest BCUT2D eigenvalue weighted by molar-refractivity contribution is -0.154. The molecule has 14 saturated carbocycles. The fraction of sp³-hybridized carbons (Fsp3) is 0.688. The molecule has 0 spiro atoms. The predicted octanol–water partition coefficient (Wildman–Crippen LogP) is 28.8. The number of aliphatic carboxylic acids is 2. The SMILES string of the molecule is C1CC2C3CCC(C3)C2C1.C1CC2C3CCC(C3)C2C1.CC.CC.CC.CC1C(=O)OC(=O)C1C.CC1C(C)C2CC1C1C3CC(C(=O)O)C(C3)C21.CC1C2CC(C(=O)O)C(C2)C1C.CC1C2CCC(C2)C1C.CC1c2cccc3cccc(c23)C1C.CCC(C)OC.CCC(C)c1ccc2cc(O)ccc2c1.Oc1cccc2ccccc12. The number of carboxylic acids is 2. The summed E-state index contributed by atoms with van der Waals surface area (Å²) in [4.78, 5) is 43.3. The van der Waals surface area contributed by atoms with Gasteiger partial charge in [0, 0.05) is 12.5 Å². The summed E-state index contributed by atoms with van der Waals surface area (Å²) in [5.41, 5.74) is 4.44. The van der Waals surface area contributed by atoms with Crippen LogP contribution in [-0.2, 0) is 28.7 Å². The second-order valence-corrected chi connectivity index (χ2v) is 39.8. The zero-order valence-electron chi connectivity index (χ0n) is 77.7. The third kappa shape index (κ3) is 20.9. The maximum atomic E-state index is 11.3. The Balaban J connectivity index is 0.000000139. The molecule has 4 N–H and O–H groups in total. The van der Waals surface area contributed by atoms with E-state index in [4.69, 9.17) is 9.84 Å². The molecule has 12 bridgehead atoms. The number of fused-ring (bicyclic) bond motifs is 25. The highest BCUT2D eigenvalue weighted by molar-refractivity contribution is 5.96. The second-order valence-electron chi connectivity index (χ2n) is 39.8. The third-order valence-corrected chi connectivity index (χ3v) is 35.1. The number of methoxy groups -OCH3 is 1. The summed E-state index contributed by atoms with van der Waals surface area (Å²) in [6.07, 6.45) is 32.1. The summed E-state index contributed by atoms with van der Waals surface area (Å²) in [5, 5.41) is 44.2. The zero-order valence-corrected chi connectivity index (χ0v) is 77.7. The number of phenolic OH excluding ortho intramolecular Hbond substituents is 2. The van der Waals surface area contributed by atoms with Crippen molar-refractivity contribution in [3.8, 4) is 11.5 Å². The molecule has 22 rings (SSSR count). The molecule has 0 aromatic heterocycles. The summed E-state index contributed by atoms with van der Waals surface area (Å²) in [6.45, 7) is 42.9. The van der Waals surface area contributed by atoms with E-state index in [1.807, 2.05) is 84.0 Å². The maximum absolute atomic E-state index is 11.3. The lowest BCUT2D eigenvalue weighted by Gasteiger charge is -2.42. The smallest absolute Gasteiger partial charge is 0.317 e. The van der Waals surface area contributed by atoms with Gasteiger partial charge in [-0.1, -0.05) is 241 Å². The highest BCUT2D eigenvalue weighted by atomic mass is 16.6. The molecule has 16 aliphatic rings. The Morgan fingerprint density at radius 3 is 1.25 bits per heavy atom. The standard InChI is InChI=1S/C15H22O2.C14H16O.C14H14.C10H16O2.C10H8O.2C10H16.C9H16.C6H8O3.C5H12O.3C2H6/c1-6-7(2)10-5-9(6)13-8-3-11(14(10)13)12(4-8)15(16)17;1-3-10(2)11-4-5-13-9-14(15)7-6-12(13)8-11;1-9-10(2)13-8-4-6-11-5-3-7-12(9)14(11)13;1-5-6(2)8-3-7(5)4-9(8)10(11)12;11-10-7-3-5-8-4-1-2-6-9(8)10;2*1-2-9-7-4-5-8(6-7)10(9)3-1;1-6-7(2)9-4-3-8(6)5-9;1-3-4(2)6(8)9-5(3)7;1-4-5(2)6-3;3*1-2/h6-14H,3-5H2,1-2H3,(H,16,17);4-10,15H,3H2,1-2H3;3-10H,1-2H3;5-9H,3-4H2,1-2H3,(H,11,12);1-7,11H;2*7-10H,1-6H2;6-9H,3-5H2,1-2H3;3-4H,1-2H3;5H,4H2,1-3H3;3*1-2H3. The van der Waals surface area contributed by atoms with Crippen LogP contribution in [0.1, 0.15) is 314 Å². The highest BCUT2D eigenvalue weighted by Crippen LogP contribution is 2.71. The van der Waals surface area contributed by atoms with E-state index >= 15 is 0 Å². The molecule has 6 aromatic rings. The normalized spacial score (nSPS) is 37.1. The molecule has 32 unspecified atom stereocenters. The number of carboxylic acid groups (broad SMARTS) is 2. The molecule has 15 aliphatic carbocycles. The average molecular weight is 1630 g/mol. The zero-order chi connectivity index (χ0) is 86.5. The van der Waals surface area contributed by atoms with Gasteiger partial charge in [0.25, 0.3) is 0 Å². The Morgan fingerprint density at radius 1 is 0.395 bits per heavy atom. The minimum absolute atomic E-state index is 0.00288. The molecule has 658 valence electrons. The van der Waals surface area contributed by atoms with Gasteiger partial charge >= 0.3 is 23.9 Å². The van der Waals surface area contributed by atoms with Crippen LogP contribution in [0, 0.1) is 166 Å². The van der Waals surface area contributed by atoms with Gasteiger partial charge in [0.1, 0.15) is 11.5 Å². The van der Waals surface area contributed by atoms with Crippen molar-refractivity contribution in [3.63, 3.8) is 0 Å². The number of cyclic esters (lactones) is 2. The van der Waals surface area contributed by atoms with E-state index in [0.29, 0.717) is 59.0 Å². The number of rotatable bonds is 6. The number of aromatic hydroxyl groups is 2. The number of hydrogen-bond acceptors (Lipinski definition) is 8. The summed E-state index contributed by atoms with van der Waals surface area (Å²) in [7, 11) is 1.73. The Labute approximate surface area is 720 Å². The van der Waals surface area contributed by atoms with Crippen LogP contribution in [0.4, 0.5) is 0 Å². The van der Waals surface area contributed by atoms with E-state index in [9.17, 15) is 34.5 Å². The molecule has 15 fully saturated rings. The van der Waals surface area contributed by atoms with Crippen LogP contribution in [0.15, 0.2) is 115 Å². The summed E-state index contributed by atoms with van der Waals surface area (Å²) >= 11 is 0. The predicted molar refractivity (Wildman–Crippen MR) is 493 cm³/mol. The molecule has 1 heterocycles. The van der Waals surface area contributed by atoms with Gasteiger partial charge in [0.15, 0.2) is 0 Å². The van der Waals surface area contributed by atoms with Crippen LogP contribution in [0.25, 0.3) is 32.3 Å². The van der Waals surface area contributed by atoms with Crippen molar-refractivity contribution in [1.29, 1.82) is 0 Å². The Hall–Kier alpha value is -6.26. The largest absolute Gasteiger partial charge is 0.508 e. The fourth-order valence-electron chi connectivity index (χ4n) is 27.2. The number of benzene rings is 6. The molecule has 1 aliphatic heterocycles. The minimum atomic E-state index is -0.568. The number of phenols is 2. The third-order valence-electron chi connectivity index (χ3n) is 35.1. The first-order valence-corrected chi connectivity index (χ1v) is 48.8. The van der Waals surface area contributed by atoms with E-state index in [2.05, 4.69) is 142 Å². The van der Waals surface area contributed by atoms with Crippen molar-refractivity contribution in [2.45, 2.75) is 304 Å². The van der Waals surface area contributed by atoms with Gasteiger partial charge in [-0.05, 0) is 357 Å². The Kier molecular flexibility index (Phi) is 34.6. The number of esters is 2. The van der Waals surface area contributed by atoms with E-state index in [1.165, 1.54) is 112 Å². The molecule has 6 aromatic carbocycles. The van der Waals surface area contributed by atoms with Gasteiger partial charge in [0.05, 0.1) is 29.8 Å². The number of carbonyl (C=O) groups excluding carboxylic acids is 2. The van der Waals surface area contributed by atoms with Gasteiger partial charge in [-0.3, -0.25) is 19.2 Å². The first-order chi connectivity index (χ1) is 57.2. The summed E-state index contributed by atoms with van der Waals surface area (Å²) < 4.78 is 9.21. The number of ether oxygens (including phenoxy) is 2. The first kappa shape index (κ1) is 95.0. The molecule has 0 amide bonds. The summed E-state index contributed by atoms with van der Waals surface area (Å²) in [5.74, 6) is 23.2. The molecular weight excluding hydrogens is 1470 g/mol. The average Bonchev–Trinajstić information content (AvgIpc) is 1.53. The van der Waals surface area contributed by atoms with Crippen LogP contribution >= 0.6 is 0 Å². The van der Waals surface area contributed by atoms with Crippen LogP contribution in [0.5, 0.6) is 11.5 Å². The van der Waals surface area contributed by atoms with Crippen molar-refractivity contribution in [2.24, 2.45) is 166 Å². The quantitative estimate of drug-likeness (QED) is 0.0716. The summed E-state index contributed by atoms with van der Waals surface area (Å²) in [6, 6.07) is 38.6. The van der Waals surface area contributed by atoms with Crippen molar-refractivity contribution in [1.82, 2.24) is 0 Å². The molecule has 10 nitrogen and oxygen atoms in total. The van der Waals surface area contributed by atoms with Crippen molar-refractivity contribution < 1.29 is 49.1 Å². The van der Waals surface area contributed by atoms with E-state index in [1.54, 1.807) is 123 Å². The lowest BCUT2D eigenvalue weighted by Crippen LogP contribution is -2.40. The number of carbonyl (C=O) groups is 4. The van der Waals surface area contributed by atoms with E-state index in [-0.39, 0.29) is 23.7 Å². The van der Waals surface area contributed by atoms with Crippen LogP contribution in [-0.4, -0.2) is 57.5 Å². The Morgan fingerprint density at radius 2 is 0.815 bits per heavy atom. The topological polar surface area (TPSA) is 168 Å². The minimum Gasteiger partial charge on any atom is -0.508 e. The molecule has 32 atom stereocenters. The van der Waals surface area contributed by atoms with Gasteiger partial charge < -0.3 is 29.9 Å². The molecule has 10 heteroatoms. The lowest BCUT2D eigenvalue weighted by atomic mass is 9.62. The molecule has 119 heavy (non-hydrogen) atoms.